The number of nitrogens with one attached hydrogen (secondary N) is 2. The molecular weight excluding hydrogens is 390 g/mol. The minimum absolute atomic E-state index is 0.130. The van der Waals surface area contributed by atoms with Crippen LogP contribution in [0, 0.1) is 5.92 Å². The highest BCUT2D eigenvalue weighted by molar-refractivity contribution is 6.34. The van der Waals surface area contributed by atoms with Crippen molar-refractivity contribution in [3.63, 3.8) is 0 Å². The Balaban J connectivity index is 2.30. The first kappa shape index (κ1) is 21.5. The number of benzene rings is 1. The summed E-state index contributed by atoms with van der Waals surface area (Å²) in [6, 6.07) is 3.41. The lowest BCUT2D eigenvalue weighted by atomic mass is 9.99. The van der Waals surface area contributed by atoms with Gasteiger partial charge in [0.15, 0.2) is 0 Å². The summed E-state index contributed by atoms with van der Waals surface area (Å²) >= 11 is 6.18. The minimum Gasteiger partial charge on any atom is -0.481 e. The van der Waals surface area contributed by atoms with Crippen LogP contribution >= 0.6 is 11.6 Å². The molecule has 1 fully saturated rings. The molecule has 0 spiro atoms. The van der Waals surface area contributed by atoms with Crippen LogP contribution in [-0.2, 0) is 19.1 Å². The van der Waals surface area contributed by atoms with E-state index in [0.717, 1.165) is 4.90 Å². The van der Waals surface area contributed by atoms with E-state index < -0.39 is 41.4 Å². The lowest BCUT2D eigenvalue weighted by molar-refractivity contribution is -0.144. The fraction of sp³-hybridized carbons (Fsp3) is 0.444. The molecule has 1 unspecified atom stereocenters. The van der Waals surface area contributed by atoms with Gasteiger partial charge in [-0.1, -0.05) is 17.7 Å². The van der Waals surface area contributed by atoms with Gasteiger partial charge in [-0.3, -0.25) is 19.7 Å². The zero-order valence-electron chi connectivity index (χ0n) is 15.9. The second kappa shape index (κ2) is 8.05. The summed E-state index contributed by atoms with van der Waals surface area (Å²) in [5, 5.41) is 14.3. The fourth-order valence-electron chi connectivity index (χ4n) is 2.76. The number of likely N-dealkylation sites (N-methyl/N-ethyl adjacent to an activating group) is 1. The number of nitrogens with zero attached hydrogens (tertiary/aromatic N) is 1. The van der Waals surface area contributed by atoms with Crippen molar-refractivity contribution in [2.45, 2.75) is 38.8 Å². The molecule has 0 aliphatic carbocycles. The lowest BCUT2D eigenvalue weighted by Gasteiger charge is -2.26. The van der Waals surface area contributed by atoms with Crippen LogP contribution in [0.5, 0.6) is 0 Å². The predicted octanol–water partition coefficient (Wildman–Crippen LogP) is 2.24. The Bertz CT molecular complexity index is 820. The summed E-state index contributed by atoms with van der Waals surface area (Å²) in [7, 11) is 1.40. The third kappa shape index (κ3) is 4.92. The molecule has 28 heavy (non-hydrogen) atoms. The molecule has 1 aliphatic heterocycles. The summed E-state index contributed by atoms with van der Waals surface area (Å²) in [6.07, 6.45) is -1.04. The second-order valence-corrected chi connectivity index (χ2v) is 7.76. The van der Waals surface area contributed by atoms with E-state index in [1.54, 1.807) is 26.8 Å². The van der Waals surface area contributed by atoms with Crippen molar-refractivity contribution in [3.05, 3.63) is 23.2 Å². The first-order valence-corrected chi connectivity index (χ1v) is 8.86. The Kier molecular flexibility index (Phi) is 6.18. The van der Waals surface area contributed by atoms with Crippen LogP contribution in [0.1, 0.15) is 27.2 Å². The number of para-hydroxylation sites is 1. The number of ether oxygens (including phenoxy) is 1. The van der Waals surface area contributed by atoms with Crippen molar-refractivity contribution >= 4 is 46.9 Å². The topological polar surface area (TPSA) is 125 Å². The molecule has 3 N–H and O–H groups in total. The molecule has 10 heteroatoms. The molecule has 0 aromatic heterocycles. The van der Waals surface area contributed by atoms with Crippen LogP contribution in [0.25, 0.3) is 0 Å². The molecule has 2 atom stereocenters. The summed E-state index contributed by atoms with van der Waals surface area (Å²) in [5.74, 6) is -3.59. The number of aliphatic carboxylic acids is 1. The molecule has 1 aliphatic rings. The Morgan fingerprint density at radius 1 is 1.32 bits per heavy atom. The molecule has 2 rings (SSSR count). The van der Waals surface area contributed by atoms with Crippen LogP contribution < -0.4 is 15.5 Å². The van der Waals surface area contributed by atoms with Crippen molar-refractivity contribution in [2.24, 2.45) is 5.92 Å². The van der Waals surface area contributed by atoms with Gasteiger partial charge in [-0.2, -0.15) is 0 Å². The van der Waals surface area contributed by atoms with Gasteiger partial charge in [-0.15, -0.1) is 0 Å². The van der Waals surface area contributed by atoms with Crippen LogP contribution in [0.4, 0.5) is 16.2 Å². The van der Waals surface area contributed by atoms with Gasteiger partial charge < -0.3 is 20.1 Å². The van der Waals surface area contributed by atoms with Gasteiger partial charge in [0, 0.05) is 13.5 Å². The highest BCUT2D eigenvalue weighted by atomic mass is 35.5. The van der Waals surface area contributed by atoms with Gasteiger partial charge in [-0.05, 0) is 32.9 Å². The number of carbonyl (C=O) groups excluding carboxylic acids is 3. The Morgan fingerprint density at radius 2 is 1.96 bits per heavy atom. The average molecular weight is 412 g/mol. The smallest absolute Gasteiger partial charge is 0.412 e. The van der Waals surface area contributed by atoms with Gasteiger partial charge >= 0.3 is 12.1 Å². The molecule has 1 aromatic rings. The zero-order chi connectivity index (χ0) is 21.2. The summed E-state index contributed by atoms with van der Waals surface area (Å²) < 4.78 is 5.21. The van der Waals surface area contributed by atoms with E-state index in [1.165, 1.54) is 19.2 Å². The molecule has 3 amide bonds. The SMILES string of the molecule is CN(C(=O)[C@H]1NC(=O)CC1C(=O)O)c1cccc(Cl)c1NC(=O)OC(C)(C)C. The number of hydrogen-bond acceptors (Lipinski definition) is 5. The van der Waals surface area contributed by atoms with E-state index in [1.807, 2.05) is 0 Å². The van der Waals surface area contributed by atoms with Crippen LogP contribution in [-0.4, -0.2) is 47.7 Å². The number of carboxylic acid groups (broad SMARTS) is 1. The molecule has 9 nitrogen and oxygen atoms in total. The van der Waals surface area contributed by atoms with E-state index in [9.17, 15) is 24.3 Å². The van der Waals surface area contributed by atoms with Crippen LogP contribution in [0.2, 0.25) is 5.02 Å². The molecule has 0 saturated carbocycles. The second-order valence-electron chi connectivity index (χ2n) is 7.35. The zero-order valence-corrected chi connectivity index (χ0v) is 16.7. The van der Waals surface area contributed by atoms with Crippen molar-refractivity contribution in [1.82, 2.24) is 5.32 Å². The maximum Gasteiger partial charge on any atom is 0.412 e. The number of rotatable bonds is 4. The van der Waals surface area contributed by atoms with Crippen LogP contribution in [0.15, 0.2) is 18.2 Å². The molecule has 1 saturated heterocycles. The number of carbonyl (C=O) groups is 4. The summed E-state index contributed by atoms with van der Waals surface area (Å²) in [6.45, 7) is 5.10. The van der Waals surface area contributed by atoms with Crippen molar-refractivity contribution < 1.29 is 29.0 Å². The van der Waals surface area contributed by atoms with Gasteiger partial charge in [0.1, 0.15) is 11.6 Å². The number of anilines is 2. The lowest BCUT2D eigenvalue weighted by Crippen LogP contribution is -2.47. The van der Waals surface area contributed by atoms with Crippen molar-refractivity contribution in [3.8, 4) is 0 Å². The summed E-state index contributed by atoms with van der Waals surface area (Å²) in [4.78, 5) is 49.1. The fourth-order valence-corrected chi connectivity index (χ4v) is 2.98. The summed E-state index contributed by atoms with van der Waals surface area (Å²) in [5.41, 5.74) is -0.380. The number of carboxylic acids is 1. The maximum atomic E-state index is 12.8. The standard InChI is InChI=1S/C18H22ClN3O6/c1-18(2,3)28-17(27)21-14-10(19)6-5-7-11(14)22(4)15(24)13-9(16(25)26)8-12(23)20-13/h5-7,9,13H,8H2,1-4H3,(H,20,23)(H,21,27)(H,25,26)/t9?,13-/m0/s1. The van der Waals surface area contributed by atoms with E-state index in [4.69, 9.17) is 16.3 Å². The first-order valence-electron chi connectivity index (χ1n) is 8.49. The quantitative estimate of drug-likeness (QED) is 0.697. The molecule has 0 radical (unpaired) electrons. The van der Waals surface area contributed by atoms with Crippen molar-refractivity contribution in [2.75, 3.05) is 17.3 Å². The average Bonchev–Trinajstić information content (AvgIpc) is 2.96. The normalized spacial score (nSPS) is 19.0. The Morgan fingerprint density at radius 3 is 2.54 bits per heavy atom. The highest BCUT2D eigenvalue weighted by Crippen LogP contribution is 2.34. The molecule has 1 aromatic carbocycles. The van der Waals surface area contributed by atoms with E-state index >= 15 is 0 Å². The van der Waals surface area contributed by atoms with Gasteiger partial charge in [-0.25, -0.2) is 4.79 Å². The van der Waals surface area contributed by atoms with Crippen LogP contribution in [0.3, 0.4) is 0 Å². The largest absolute Gasteiger partial charge is 0.481 e. The third-order valence-corrected chi connectivity index (χ3v) is 4.33. The molecule has 152 valence electrons. The Labute approximate surface area is 167 Å². The predicted molar refractivity (Wildman–Crippen MR) is 102 cm³/mol. The number of hydrogen-bond donors (Lipinski definition) is 3. The molecule has 0 bridgehead atoms. The minimum atomic E-state index is -1.25. The van der Waals surface area contributed by atoms with Crippen molar-refractivity contribution in [1.29, 1.82) is 0 Å². The number of halogens is 1. The van der Waals surface area contributed by atoms with E-state index in [-0.39, 0.29) is 22.8 Å². The highest BCUT2D eigenvalue weighted by Gasteiger charge is 2.43. The Hall–Kier alpha value is -2.81. The third-order valence-electron chi connectivity index (χ3n) is 4.02. The van der Waals surface area contributed by atoms with E-state index in [0.29, 0.717) is 0 Å². The molecular formula is C18H22ClN3O6. The first-order chi connectivity index (χ1) is 12.9. The molecule has 1 heterocycles. The van der Waals surface area contributed by atoms with Gasteiger partial charge in [0.25, 0.3) is 0 Å². The monoisotopic (exact) mass is 411 g/mol. The maximum absolute atomic E-state index is 12.8. The number of amides is 3. The van der Waals surface area contributed by atoms with Gasteiger partial charge in [0.05, 0.1) is 22.3 Å². The van der Waals surface area contributed by atoms with Gasteiger partial charge in [0.2, 0.25) is 11.8 Å². The van der Waals surface area contributed by atoms with E-state index in [2.05, 4.69) is 10.6 Å².